The summed E-state index contributed by atoms with van der Waals surface area (Å²) in [4.78, 5) is 4.82. The van der Waals surface area contributed by atoms with Crippen molar-refractivity contribution in [1.82, 2.24) is 0 Å². The molecule has 0 atom stereocenters. The Labute approximate surface area is 173 Å². The highest BCUT2D eigenvalue weighted by atomic mass is 79.9. The Morgan fingerprint density at radius 1 is 0.615 bits per heavy atom. The molecule has 0 saturated carbocycles. The molecule has 0 unspecified atom stereocenters. The van der Waals surface area contributed by atoms with Crippen molar-refractivity contribution in [3.63, 3.8) is 0 Å². The number of rotatable bonds is 8. The molecule has 0 heterocycles. The smallest absolute Gasteiger partial charge is 0.0524 e. The molecule has 26 heavy (non-hydrogen) atoms. The van der Waals surface area contributed by atoms with E-state index in [1.165, 1.54) is 32.9 Å². The molecule has 0 aliphatic carbocycles. The molecule has 0 amide bonds. The van der Waals surface area contributed by atoms with Crippen LogP contribution in [0.1, 0.15) is 12.8 Å². The molecule has 0 spiro atoms. The maximum atomic E-state index is 3.57. The van der Waals surface area contributed by atoms with Crippen LogP contribution < -0.4 is 9.80 Å². The number of alkyl halides is 2. The van der Waals surface area contributed by atoms with E-state index in [2.05, 4.69) is 104 Å². The Kier molecular flexibility index (Phi) is 6.82. The summed E-state index contributed by atoms with van der Waals surface area (Å²) in [6, 6.07) is 17.7. The first-order valence-corrected chi connectivity index (χ1v) is 11.4. The van der Waals surface area contributed by atoms with Crippen LogP contribution in [0.3, 0.4) is 0 Å². The van der Waals surface area contributed by atoms with Gasteiger partial charge in [0, 0.05) is 59.4 Å². The average molecular weight is 478 g/mol. The average Bonchev–Trinajstić information content (AvgIpc) is 2.68. The molecule has 3 aromatic carbocycles. The van der Waals surface area contributed by atoms with Crippen molar-refractivity contribution < 1.29 is 0 Å². The van der Waals surface area contributed by atoms with Gasteiger partial charge in [-0.1, -0.05) is 80.4 Å². The lowest BCUT2D eigenvalue weighted by atomic mass is 9.97. The molecule has 0 N–H and O–H groups in total. The minimum atomic E-state index is 1.03. The van der Waals surface area contributed by atoms with E-state index in [0.29, 0.717) is 0 Å². The van der Waals surface area contributed by atoms with Crippen LogP contribution >= 0.6 is 31.9 Å². The second kappa shape index (κ2) is 9.09. The molecule has 3 rings (SSSR count). The lowest BCUT2D eigenvalue weighted by Gasteiger charge is -2.28. The van der Waals surface area contributed by atoms with Crippen LogP contribution in [0.25, 0.3) is 21.5 Å². The summed E-state index contributed by atoms with van der Waals surface area (Å²) in [5.41, 5.74) is 2.68. The largest absolute Gasteiger partial charge is 0.374 e. The molecule has 4 heteroatoms. The maximum absolute atomic E-state index is 3.57. The number of halogens is 2. The third kappa shape index (κ3) is 3.86. The van der Waals surface area contributed by atoms with Crippen LogP contribution in [0.5, 0.6) is 0 Å². The number of hydrogen-bond acceptors (Lipinski definition) is 2. The maximum Gasteiger partial charge on any atom is 0.0524 e. The summed E-state index contributed by atoms with van der Waals surface area (Å²) in [5, 5.41) is 7.40. The van der Waals surface area contributed by atoms with Crippen LogP contribution in [-0.4, -0.2) is 37.8 Å². The molecule has 0 aliphatic rings. The molecule has 0 aromatic heterocycles. The molecular weight excluding hydrogens is 452 g/mol. The number of hydrogen-bond donors (Lipinski definition) is 0. The standard InChI is InChI=1S/C22H26Br2N2/c1-25(15-7-13-23)21-17-9-3-5-11-19(17)22(26(2)16-8-14-24)20-12-6-4-10-18(20)21/h3-6,9-12H,7-8,13-16H2,1-2H3. The van der Waals surface area contributed by atoms with Gasteiger partial charge >= 0.3 is 0 Å². The first kappa shape index (κ1) is 19.5. The fraction of sp³-hybridized carbons (Fsp3) is 0.364. The van der Waals surface area contributed by atoms with E-state index in [9.17, 15) is 0 Å². The normalized spacial score (nSPS) is 11.2. The van der Waals surface area contributed by atoms with Crippen molar-refractivity contribution in [2.75, 3.05) is 47.6 Å². The van der Waals surface area contributed by atoms with Gasteiger partial charge < -0.3 is 9.80 Å². The second-order valence-corrected chi connectivity index (χ2v) is 8.30. The van der Waals surface area contributed by atoms with E-state index in [0.717, 1.165) is 36.6 Å². The first-order valence-electron chi connectivity index (χ1n) is 9.16. The number of fused-ring (bicyclic) bond motifs is 2. The lowest BCUT2D eigenvalue weighted by molar-refractivity contribution is 0.865. The minimum Gasteiger partial charge on any atom is -0.374 e. The third-order valence-electron chi connectivity index (χ3n) is 4.89. The first-order chi connectivity index (χ1) is 12.7. The fourth-order valence-corrected chi connectivity index (χ4v) is 4.22. The molecule has 138 valence electrons. The van der Waals surface area contributed by atoms with Gasteiger partial charge in [-0.3, -0.25) is 0 Å². The van der Waals surface area contributed by atoms with Crippen molar-refractivity contribution >= 4 is 64.8 Å². The van der Waals surface area contributed by atoms with Crippen LogP contribution in [0.4, 0.5) is 11.4 Å². The molecule has 0 saturated heterocycles. The predicted octanol–water partition coefficient (Wildman–Crippen LogP) is 6.44. The second-order valence-electron chi connectivity index (χ2n) is 6.72. The quantitative estimate of drug-likeness (QED) is 0.209. The van der Waals surface area contributed by atoms with E-state index < -0.39 is 0 Å². The SMILES string of the molecule is CN(CCCBr)c1c2ccccc2c(N(C)CCCBr)c2ccccc12. The van der Waals surface area contributed by atoms with E-state index in [1.54, 1.807) is 0 Å². The number of nitrogens with zero attached hydrogens (tertiary/aromatic N) is 2. The van der Waals surface area contributed by atoms with Crippen LogP contribution in [-0.2, 0) is 0 Å². The van der Waals surface area contributed by atoms with E-state index in [4.69, 9.17) is 0 Å². The molecule has 0 fully saturated rings. The molecule has 0 bridgehead atoms. The van der Waals surface area contributed by atoms with Gasteiger partial charge in [-0.05, 0) is 12.8 Å². The summed E-state index contributed by atoms with van der Waals surface area (Å²) < 4.78 is 0. The molecule has 2 nitrogen and oxygen atoms in total. The Balaban J connectivity index is 2.28. The Hall–Kier alpha value is -1.26. The summed E-state index contributed by atoms with van der Waals surface area (Å²) >= 11 is 7.13. The predicted molar refractivity (Wildman–Crippen MR) is 125 cm³/mol. The van der Waals surface area contributed by atoms with E-state index >= 15 is 0 Å². The third-order valence-corrected chi connectivity index (χ3v) is 6.01. The molecule has 0 radical (unpaired) electrons. The molecular formula is C22H26Br2N2. The van der Waals surface area contributed by atoms with Crippen LogP contribution in [0.2, 0.25) is 0 Å². The monoisotopic (exact) mass is 476 g/mol. The Morgan fingerprint density at radius 2 is 0.923 bits per heavy atom. The highest BCUT2D eigenvalue weighted by molar-refractivity contribution is 9.09. The summed E-state index contributed by atoms with van der Waals surface area (Å²) in [7, 11) is 4.43. The highest BCUT2D eigenvalue weighted by Gasteiger charge is 2.18. The zero-order valence-electron chi connectivity index (χ0n) is 15.5. The van der Waals surface area contributed by atoms with Crippen molar-refractivity contribution in [2.24, 2.45) is 0 Å². The van der Waals surface area contributed by atoms with Gasteiger partial charge in [0.2, 0.25) is 0 Å². The highest BCUT2D eigenvalue weighted by Crippen LogP contribution is 2.42. The molecule has 0 aliphatic heterocycles. The number of anilines is 2. The van der Waals surface area contributed by atoms with Gasteiger partial charge in [0.1, 0.15) is 0 Å². The Bertz CT molecular complexity index is 750. The van der Waals surface area contributed by atoms with Crippen molar-refractivity contribution in [1.29, 1.82) is 0 Å². The van der Waals surface area contributed by atoms with Crippen molar-refractivity contribution in [2.45, 2.75) is 12.8 Å². The summed E-state index contributed by atoms with van der Waals surface area (Å²) in [6.07, 6.45) is 2.26. The topological polar surface area (TPSA) is 6.48 Å². The van der Waals surface area contributed by atoms with Gasteiger partial charge in [0.25, 0.3) is 0 Å². The minimum absolute atomic E-state index is 1.03. The lowest BCUT2D eigenvalue weighted by Crippen LogP contribution is -2.22. The van der Waals surface area contributed by atoms with Crippen LogP contribution in [0, 0.1) is 0 Å². The van der Waals surface area contributed by atoms with E-state index in [1.807, 2.05) is 0 Å². The zero-order chi connectivity index (χ0) is 18.5. The zero-order valence-corrected chi connectivity index (χ0v) is 18.7. The van der Waals surface area contributed by atoms with E-state index in [-0.39, 0.29) is 0 Å². The van der Waals surface area contributed by atoms with Crippen molar-refractivity contribution in [3.05, 3.63) is 48.5 Å². The van der Waals surface area contributed by atoms with Gasteiger partial charge in [0.15, 0.2) is 0 Å². The summed E-state index contributed by atoms with van der Waals surface area (Å²) in [5.74, 6) is 0. The summed E-state index contributed by atoms with van der Waals surface area (Å²) in [6.45, 7) is 2.08. The van der Waals surface area contributed by atoms with Crippen LogP contribution in [0.15, 0.2) is 48.5 Å². The van der Waals surface area contributed by atoms with Gasteiger partial charge in [-0.25, -0.2) is 0 Å². The van der Waals surface area contributed by atoms with Gasteiger partial charge in [0.05, 0.1) is 11.4 Å². The Morgan fingerprint density at radius 3 is 1.19 bits per heavy atom. The van der Waals surface area contributed by atoms with Gasteiger partial charge in [-0.15, -0.1) is 0 Å². The van der Waals surface area contributed by atoms with Gasteiger partial charge in [-0.2, -0.15) is 0 Å². The fourth-order valence-electron chi connectivity index (χ4n) is 3.72. The number of benzene rings is 3. The molecule has 3 aromatic rings. The van der Waals surface area contributed by atoms with Crippen molar-refractivity contribution in [3.8, 4) is 0 Å².